The summed E-state index contributed by atoms with van der Waals surface area (Å²) in [6.45, 7) is -1.21. The normalized spacial score (nSPS) is 33.6. The molecule has 2 aromatic carbocycles. The first kappa shape index (κ1) is 31.0. The lowest BCUT2D eigenvalue weighted by Gasteiger charge is -2.39. The number of hydrogen-bond acceptors (Lipinski definition) is 15. The van der Waals surface area contributed by atoms with Gasteiger partial charge in [0.25, 0.3) is 0 Å². The maximum Gasteiger partial charge on any atom is 0.229 e. The summed E-state index contributed by atoms with van der Waals surface area (Å²) in [7, 11) is 2.75. The Labute approximate surface area is 234 Å². The number of rotatable bonds is 10. The van der Waals surface area contributed by atoms with Gasteiger partial charge in [-0.15, -0.1) is 0 Å². The molecule has 2 fully saturated rings. The Kier molecular flexibility index (Phi) is 10.1. The third-order valence-corrected chi connectivity index (χ3v) is 6.69. The number of aliphatic hydroxyl groups excluding tert-OH is 8. The summed E-state index contributed by atoms with van der Waals surface area (Å²) in [4.78, 5) is 0. The van der Waals surface area contributed by atoms with E-state index in [1.165, 1.54) is 50.6 Å². The molecule has 2 aromatic rings. The molecule has 0 radical (unpaired) electrons. The van der Waals surface area contributed by atoms with E-state index in [1.807, 2.05) is 0 Å². The Balaban J connectivity index is 1.47. The van der Waals surface area contributed by atoms with E-state index in [-0.39, 0.29) is 34.5 Å². The van der Waals surface area contributed by atoms with E-state index >= 15 is 0 Å². The number of ether oxygens (including phenoxy) is 7. The fraction of sp³-hybridized carbons (Fsp3) is 0.538. The molecule has 15 heteroatoms. The SMILES string of the molecule is COc1cc(O[C@@H]2O[C@H](CO)[C@@H](O)[C@H](O)[C@H]2O)ccc1Oc1ccc(O[C@@H]2O[C@H](CO)[C@@H](O)[C@H](O)[C@H]2O)c(OC)c1. The van der Waals surface area contributed by atoms with Crippen LogP contribution < -0.4 is 23.7 Å². The minimum atomic E-state index is -1.61. The van der Waals surface area contributed by atoms with Gasteiger partial charge in [-0.25, -0.2) is 0 Å². The van der Waals surface area contributed by atoms with Crippen LogP contribution >= 0.6 is 0 Å². The van der Waals surface area contributed by atoms with Crippen LogP contribution in [-0.2, 0) is 9.47 Å². The molecule has 4 rings (SSSR count). The Morgan fingerprint density at radius 1 is 0.561 bits per heavy atom. The van der Waals surface area contributed by atoms with Crippen molar-refractivity contribution in [1.82, 2.24) is 0 Å². The first-order valence-corrected chi connectivity index (χ1v) is 12.6. The van der Waals surface area contributed by atoms with Crippen LogP contribution in [0, 0.1) is 0 Å². The summed E-state index contributed by atoms with van der Waals surface area (Å²) in [5.41, 5.74) is 0. The summed E-state index contributed by atoms with van der Waals surface area (Å²) in [6, 6.07) is 8.86. The number of benzene rings is 2. The van der Waals surface area contributed by atoms with Crippen LogP contribution in [0.15, 0.2) is 36.4 Å². The summed E-state index contributed by atoms with van der Waals surface area (Å²) in [5, 5.41) is 79.1. The van der Waals surface area contributed by atoms with Crippen molar-refractivity contribution in [1.29, 1.82) is 0 Å². The molecule has 2 saturated heterocycles. The Morgan fingerprint density at radius 3 is 1.56 bits per heavy atom. The lowest BCUT2D eigenvalue weighted by molar-refractivity contribution is -0.277. The predicted molar refractivity (Wildman–Crippen MR) is 135 cm³/mol. The molecular formula is C26H34O15. The molecule has 15 nitrogen and oxygen atoms in total. The van der Waals surface area contributed by atoms with Crippen LogP contribution in [0.25, 0.3) is 0 Å². The standard InChI is InChI=1S/C26H34O15/c1-35-15-8-12(38-25-23(33)21(31)19(29)17(9-27)40-25)4-5-13(15)37-11-3-6-14(16(7-11)36-2)39-26-24(34)22(32)20(30)18(10-28)41-26/h3-8,17-34H,9-10H2,1-2H3/t17-,18-,19-,20-,21+,22+,23-,24-,25-,26-/m1/s1. The molecular weight excluding hydrogens is 552 g/mol. The highest BCUT2D eigenvalue weighted by Crippen LogP contribution is 2.39. The predicted octanol–water partition coefficient (Wildman–Crippen LogP) is -2.15. The van der Waals surface area contributed by atoms with E-state index in [9.17, 15) is 40.9 Å². The Hall–Kier alpha value is -2.96. The zero-order valence-corrected chi connectivity index (χ0v) is 22.1. The quantitative estimate of drug-likeness (QED) is 0.149. The molecule has 8 N–H and O–H groups in total. The molecule has 10 atom stereocenters. The molecule has 0 aromatic heterocycles. The molecule has 41 heavy (non-hydrogen) atoms. The molecule has 0 spiro atoms. The molecule has 2 aliphatic rings. The van der Waals surface area contributed by atoms with Gasteiger partial charge in [0.05, 0.1) is 27.4 Å². The summed E-state index contributed by atoms with van der Waals surface area (Å²) in [5.74, 6) is 1.19. The van der Waals surface area contributed by atoms with Gasteiger partial charge in [-0.2, -0.15) is 0 Å². The summed E-state index contributed by atoms with van der Waals surface area (Å²) >= 11 is 0. The molecule has 0 aliphatic carbocycles. The largest absolute Gasteiger partial charge is 0.493 e. The van der Waals surface area contributed by atoms with Crippen LogP contribution in [0.4, 0.5) is 0 Å². The molecule has 0 amide bonds. The highest BCUT2D eigenvalue weighted by atomic mass is 16.7. The zero-order chi connectivity index (χ0) is 29.8. The van der Waals surface area contributed by atoms with Crippen molar-refractivity contribution < 1.29 is 74.0 Å². The monoisotopic (exact) mass is 586 g/mol. The van der Waals surface area contributed by atoms with Crippen LogP contribution in [-0.4, -0.2) is 130 Å². The maximum absolute atomic E-state index is 10.3. The lowest BCUT2D eigenvalue weighted by Crippen LogP contribution is -2.60. The van der Waals surface area contributed by atoms with Crippen molar-refractivity contribution in [3.63, 3.8) is 0 Å². The minimum absolute atomic E-state index is 0.111. The first-order valence-electron chi connectivity index (χ1n) is 12.6. The van der Waals surface area contributed by atoms with Crippen LogP contribution in [0.1, 0.15) is 0 Å². The fourth-order valence-corrected chi connectivity index (χ4v) is 4.33. The van der Waals surface area contributed by atoms with Gasteiger partial charge in [-0.1, -0.05) is 0 Å². The van der Waals surface area contributed by atoms with E-state index in [0.29, 0.717) is 0 Å². The molecule has 0 saturated carbocycles. The second-order valence-electron chi connectivity index (χ2n) is 9.36. The lowest BCUT2D eigenvalue weighted by atomic mass is 9.99. The van der Waals surface area contributed by atoms with Crippen molar-refractivity contribution in [3.8, 4) is 34.5 Å². The average Bonchev–Trinajstić information content (AvgIpc) is 2.98. The van der Waals surface area contributed by atoms with Crippen molar-refractivity contribution >= 4 is 0 Å². The smallest absolute Gasteiger partial charge is 0.229 e. The molecule has 2 aliphatic heterocycles. The molecule has 2 heterocycles. The number of aliphatic hydroxyl groups is 8. The summed E-state index contributed by atoms with van der Waals surface area (Å²) in [6.07, 6.45) is -14.5. The van der Waals surface area contributed by atoms with Gasteiger partial charge in [0.15, 0.2) is 23.0 Å². The van der Waals surface area contributed by atoms with Gasteiger partial charge in [0, 0.05) is 12.1 Å². The number of hydrogen-bond donors (Lipinski definition) is 8. The van der Waals surface area contributed by atoms with Crippen molar-refractivity contribution in [2.45, 2.75) is 61.4 Å². The van der Waals surface area contributed by atoms with E-state index in [1.54, 1.807) is 0 Å². The third kappa shape index (κ3) is 6.60. The Bertz CT molecular complexity index is 1140. The van der Waals surface area contributed by atoms with Gasteiger partial charge in [-0.05, 0) is 24.3 Å². The molecule has 228 valence electrons. The van der Waals surface area contributed by atoms with Gasteiger partial charge < -0.3 is 74.0 Å². The first-order chi connectivity index (χ1) is 19.6. The van der Waals surface area contributed by atoms with E-state index in [2.05, 4.69) is 0 Å². The topological polar surface area (TPSA) is 226 Å². The van der Waals surface area contributed by atoms with Gasteiger partial charge in [0.1, 0.15) is 60.3 Å². The third-order valence-electron chi connectivity index (χ3n) is 6.69. The van der Waals surface area contributed by atoms with Gasteiger partial charge >= 0.3 is 0 Å². The van der Waals surface area contributed by atoms with Crippen molar-refractivity contribution in [2.75, 3.05) is 27.4 Å². The van der Waals surface area contributed by atoms with E-state index in [4.69, 9.17) is 33.2 Å². The summed E-state index contributed by atoms with van der Waals surface area (Å²) < 4.78 is 38.7. The Morgan fingerprint density at radius 2 is 1.02 bits per heavy atom. The molecule has 0 unspecified atom stereocenters. The van der Waals surface area contributed by atoms with Crippen LogP contribution in [0.5, 0.6) is 34.5 Å². The second kappa shape index (κ2) is 13.3. The van der Waals surface area contributed by atoms with E-state index < -0.39 is 74.6 Å². The van der Waals surface area contributed by atoms with Gasteiger partial charge in [0.2, 0.25) is 12.6 Å². The molecule has 0 bridgehead atoms. The highest BCUT2D eigenvalue weighted by molar-refractivity contribution is 5.51. The zero-order valence-electron chi connectivity index (χ0n) is 22.1. The fourth-order valence-electron chi connectivity index (χ4n) is 4.33. The van der Waals surface area contributed by atoms with E-state index in [0.717, 1.165) is 0 Å². The van der Waals surface area contributed by atoms with Gasteiger partial charge in [-0.3, -0.25) is 0 Å². The van der Waals surface area contributed by atoms with Crippen LogP contribution in [0.2, 0.25) is 0 Å². The maximum atomic E-state index is 10.3. The van der Waals surface area contributed by atoms with Crippen molar-refractivity contribution in [2.24, 2.45) is 0 Å². The highest BCUT2D eigenvalue weighted by Gasteiger charge is 2.46. The van der Waals surface area contributed by atoms with Crippen molar-refractivity contribution in [3.05, 3.63) is 36.4 Å². The second-order valence-corrected chi connectivity index (χ2v) is 9.36. The number of methoxy groups -OCH3 is 2. The minimum Gasteiger partial charge on any atom is -0.493 e. The average molecular weight is 587 g/mol. The van der Waals surface area contributed by atoms with Crippen LogP contribution in [0.3, 0.4) is 0 Å².